The number of imidazole rings is 1. The third-order valence-electron chi connectivity index (χ3n) is 3.51. The third kappa shape index (κ3) is 1.60. The predicted octanol–water partition coefficient (Wildman–Crippen LogP) is 2.59. The van der Waals surface area contributed by atoms with Gasteiger partial charge in [-0.25, -0.2) is 4.98 Å². The van der Waals surface area contributed by atoms with E-state index in [9.17, 15) is 0 Å². The van der Waals surface area contributed by atoms with E-state index in [-0.39, 0.29) is 0 Å². The number of aryl methyl sites for hydroxylation is 2. The van der Waals surface area contributed by atoms with Crippen LogP contribution in [0.5, 0.6) is 0 Å². The van der Waals surface area contributed by atoms with Gasteiger partial charge in [-0.3, -0.25) is 9.67 Å². The molecule has 20 heavy (non-hydrogen) atoms. The molecule has 0 bridgehead atoms. The number of nitrogens with zero attached hydrogens (tertiary/aromatic N) is 5. The molecule has 0 fully saturated rings. The zero-order chi connectivity index (χ0) is 13.7. The highest BCUT2D eigenvalue weighted by Crippen LogP contribution is 2.23. The van der Waals surface area contributed by atoms with Gasteiger partial charge in [-0.2, -0.15) is 5.10 Å². The lowest BCUT2D eigenvalue weighted by Gasteiger charge is -2.03. The molecule has 0 saturated heterocycles. The van der Waals surface area contributed by atoms with Crippen molar-refractivity contribution in [1.29, 1.82) is 0 Å². The van der Waals surface area contributed by atoms with Crippen molar-refractivity contribution in [1.82, 2.24) is 24.1 Å². The van der Waals surface area contributed by atoms with Gasteiger partial charge < -0.3 is 4.40 Å². The first-order valence-corrected chi connectivity index (χ1v) is 6.44. The summed E-state index contributed by atoms with van der Waals surface area (Å²) in [6, 6.07) is 6.26. The number of fused-ring (bicyclic) bond motifs is 2. The molecule has 0 N–H and O–H groups in total. The molecule has 0 spiro atoms. The normalized spacial score (nSPS) is 11.5. The van der Waals surface area contributed by atoms with Crippen LogP contribution in [0.25, 0.3) is 27.8 Å². The molecule has 0 saturated carbocycles. The molecular formula is C15H13N5. The highest BCUT2D eigenvalue weighted by atomic mass is 15.3. The number of hydrogen-bond donors (Lipinski definition) is 0. The van der Waals surface area contributed by atoms with Crippen LogP contribution in [0.4, 0.5) is 0 Å². The van der Waals surface area contributed by atoms with Crippen LogP contribution in [-0.2, 0) is 7.05 Å². The standard InChI is InChI=1S/C15H13N5/c1-10-9-20-4-3-11(6-15(20)18-10)12-5-14-13(16-7-12)8-17-19(14)2/h3-9H,1-2H3. The Morgan fingerprint density at radius 3 is 2.90 bits per heavy atom. The molecule has 4 rings (SSSR count). The van der Waals surface area contributed by atoms with E-state index in [1.807, 2.05) is 41.6 Å². The van der Waals surface area contributed by atoms with Gasteiger partial charge in [-0.15, -0.1) is 0 Å². The Morgan fingerprint density at radius 2 is 2.00 bits per heavy atom. The topological polar surface area (TPSA) is 48.0 Å². The molecule has 0 aliphatic heterocycles. The maximum atomic E-state index is 4.49. The number of aromatic nitrogens is 5. The average molecular weight is 263 g/mol. The fourth-order valence-corrected chi connectivity index (χ4v) is 2.47. The molecule has 0 radical (unpaired) electrons. The summed E-state index contributed by atoms with van der Waals surface area (Å²) >= 11 is 0. The van der Waals surface area contributed by atoms with Gasteiger partial charge in [0.25, 0.3) is 0 Å². The molecule has 5 nitrogen and oxygen atoms in total. The minimum atomic E-state index is 0.911. The molecule has 4 heterocycles. The van der Waals surface area contributed by atoms with E-state index >= 15 is 0 Å². The van der Waals surface area contributed by atoms with E-state index in [0.717, 1.165) is 33.5 Å². The van der Waals surface area contributed by atoms with Gasteiger partial charge in [0.05, 0.1) is 17.4 Å². The summed E-state index contributed by atoms with van der Waals surface area (Å²) in [5, 5.41) is 4.22. The summed E-state index contributed by atoms with van der Waals surface area (Å²) in [7, 11) is 1.93. The van der Waals surface area contributed by atoms with Gasteiger partial charge in [-0.1, -0.05) is 0 Å². The number of pyridine rings is 2. The zero-order valence-electron chi connectivity index (χ0n) is 11.3. The molecule has 98 valence electrons. The summed E-state index contributed by atoms with van der Waals surface area (Å²) in [4.78, 5) is 8.95. The van der Waals surface area contributed by atoms with Gasteiger partial charge in [0.1, 0.15) is 11.2 Å². The van der Waals surface area contributed by atoms with Gasteiger partial charge in [0.2, 0.25) is 0 Å². The monoisotopic (exact) mass is 263 g/mol. The second kappa shape index (κ2) is 3.90. The second-order valence-electron chi connectivity index (χ2n) is 4.96. The van der Waals surface area contributed by atoms with Crippen molar-refractivity contribution in [2.24, 2.45) is 7.05 Å². The SMILES string of the molecule is Cc1cn2ccc(-c3cnc4cnn(C)c4c3)cc2n1. The Labute approximate surface area is 115 Å². The van der Waals surface area contributed by atoms with Crippen LogP contribution in [0.2, 0.25) is 0 Å². The summed E-state index contributed by atoms with van der Waals surface area (Å²) < 4.78 is 3.86. The molecule has 0 aliphatic carbocycles. The molecule has 4 aromatic heterocycles. The van der Waals surface area contributed by atoms with Crippen molar-refractivity contribution in [2.45, 2.75) is 6.92 Å². The number of rotatable bonds is 1. The Hall–Kier alpha value is -2.69. The van der Waals surface area contributed by atoms with Gasteiger partial charge in [0.15, 0.2) is 0 Å². The fraction of sp³-hybridized carbons (Fsp3) is 0.133. The molecule has 4 aromatic rings. The van der Waals surface area contributed by atoms with Crippen LogP contribution >= 0.6 is 0 Å². The molecule has 0 aliphatic rings. The lowest BCUT2D eigenvalue weighted by Crippen LogP contribution is -1.90. The van der Waals surface area contributed by atoms with Crippen LogP contribution in [0.3, 0.4) is 0 Å². The highest BCUT2D eigenvalue weighted by molar-refractivity contribution is 5.80. The molecule has 0 amide bonds. The minimum Gasteiger partial charge on any atom is -0.307 e. The van der Waals surface area contributed by atoms with E-state index in [0.29, 0.717) is 0 Å². The lowest BCUT2D eigenvalue weighted by molar-refractivity contribution is 0.797. The highest BCUT2D eigenvalue weighted by Gasteiger charge is 2.06. The summed E-state index contributed by atoms with van der Waals surface area (Å²) in [5.74, 6) is 0. The maximum absolute atomic E-state index is 4.49. The van der Waals surface area contributed by atoms with Crippen LogP contribution < -0.4 is 0 Å². The van der Waals surface area contributed by atoms with Gasteiger partial charge >= 0.3 is 0 Å². The predicted molar refractivity (Wildman–Crippen MR) is 77.4 cm³/mol. The van der Waals surface area contributed by atoms with E-state index < -0.39 is 0 Å². The smallest absolute Gasteiger partial charge is 0.137 e. The first-order valence-electron chi connectivity index (χ1n) is 6.44. The third-order valence-corrected chi connectivity index (χ3v) is 3.51. The first kappa shape index (κ1) is 11.2. The molecule has 0 atom stereocenters. The minimum absolute atomic E-state index is 0.911. The van der Waals surface area contributed by atoms with E-state index in [1.165, 1.54) is 0 Å². The Balaban J connectivity index is 1.92. The zero-order valence-corrected chi connectivity index (χ0v) is 11.3. The second-order valence-corrected chi connectivity index (χ2v) is 4.96. The Kier molecular flexibility index (Phi) is 2.18. The molecule has 0 unspecified atom stereocenters. The number of hydrogen-bond acceptors (Lipinski definition) is 3. The van der Waals surface area contributed by atoms with Gasteiger partial charge in [-0.05, 0) is 30.7 Å². The maximum Gasteiger partial charge on any atom is 0.137 e. The van der Waals surface area contributed by atoms with Crippen LogP contribution in [0, 0.1) is 6.92 Å². The van der Waals surface area contributed by atoms with Crippen molar-refractivity contribution in [3.05, 3.63) is 48.7 Å². The summed E-state index contributed by atoms with van der Waals surface area (Å²) in [5.41, 5.74) is 6.09. The molecule has 0 aromatic carbocycles. The first-order chi connectivity index (χ1) is 9.70. The Bertz CT molecular complexity index is 932. The largest absolute Gasteiger partial charge is 0.307 e. The van der Waals surface area contributed by atoms with Crippen LogP contribution in [0.15, 0.2) is 43.0 Å². The molecule has 5 heteroatoms. The summed E-state index contributed by atoms with van der Waals surface area (Å²) in [6.07, 6.45) is 7.70. The lowest BCUT2D eigenvalue weighted by atomic mass is 10.1. The van der Waals surface area contributed by atoms with Crippen molar-refractivity contribution >= 4 is 16.7 Å². The van der Waals surface area contributed by atoms with Crippen molar-refractivity contribution in [3.8, 4) is 11.1 Å². The van der Waals surface area contributed by atoms with Crippen molar-refractivity contribution < 1.29 is 0 Å². The summed E-state index contributed by atoms with van der Waals surface area (Å²) in [6.45, 7) is 2.00. The van der Waals surface area contributed by atoms with E-state index in [1.54, 1.807) is 6.20 Å². The van der Waals surface area contributed by atoms with E-state index in [4.69, 9.17) is 0 Å². The quantitative estimate of drug-likeness (QED) is 0.530. The van der Waals surface area contributed by atoms with Crippen LogP contribution in [-0.4, -0.2) is 24.1 Å². The molecular weight excluding hydrogens is 250 g/mol. The van der Waals surface area contributed by atoms with Crippen LogP contribution in [0.1, 0.15) is 5.69 Å². The van der Waals surface area contributed by atoms with Crippen molar-refractivity contribution in [2.75, 3.05) is 0 Å². The van der Waals surface area contributed by atoms with E-state index in [2.05, 4.69) is 33.3 Å². The van der Waals surface area contributed by atoms with Gasteiger partial charge in [0, 0.05) is 31.2 Å². The Morgan fingerprint density at radius 1 is 1.10 bits per heavy atom. The average Bonchev–Trinajstić information content (AvgIpc) is 3.00. The van der Waals surface area contributed by atoms with Crippen molar-refractivity contribution in [3.63, 3.8) is 0 Å². The fourth-order valence-electron chi connectivity index (χ4n) is 2.47.